The molecule has 0 radical (unpaired) electrons. The quantitative estimate of drug-likeness (QED) is 0.816. The zero-order chi connectivity index (χ0) is 18.6. The van der Waals surface area contributed by atoms with Crippen molar-refractivity contribution >= 4 is 17.6 Å². The minimum Gasteiger partial charge on any atom is -0.484 e. The van der Waals surface area contributed by atoms with Gasteiger partial charge in [0.15, 0.2) is 12.3 Å². The fourth-order valence-corrected chi connectivity index (χ4v) is 1.88. The Morgan fingerprint density at radius 3 is 2.68 bits per heavy atom. The van der Waals surface area contributed by atoms with Crippen LogP contribution in [-0.2, 0) is 11.3 Å². The Morgan fingerprint density at radius 1 is 1.36 bits per heavy atom. The normalized spacial score (nSPS) is 11.2. The number of hydrogen-bond acceptors (Lipinski definition) is 5. The number of carbonyl (C=O) groups excluding carboxylic acids is 1. The number of halogens is 3. The number of nitrogens with one attached hydrogen (secondary N) is 1. The van der Waals surface area contributed by atoms with Crippen molar-refractivity contribution in [2.24, 2.45) is 0 Å². The van der Waals surface area contributed by atoms with Gasteiger partial charge in [0.25, 0.3) is 0 Å². The Kier molecular flexibility index (Phi) is 5.25. The van der Waals surface area contributed by atoms with E-state index >= 15 is 0 Å². The number of amides is 1. The molecule has 25 heavy (non-hydrogen) atoms. The maximum Gasteiger partial charge on any atom is 0.422 e. The van der Waals surface area contributed by atoms with E-state index in [9.17, 15) is 22.8 Å². The number of carboxylic acid groups (broad SMARTS) is 1. The van der Waals surface area contributed by atoms with Gasteiger partial charge >= 0.3 is 12.1 Å². The van der Waals surface area contributed by atoms with Crippen LogP contribution in [0.1, 0.15) is 16.1 Å². The monoisotopic (exact) mass is 358 g/mol. The number of nitrogens with zero attached hydrogens (tertiary/aromatic N) is 3. The number of hydrogen-bond donors (Lipinski definition) is 2. The molecule has 0 atom stereocenters. The lowest BCUT2D eigenvalue weighted by molar-refractivity contribution is -0.153. The van der Waals surface area contributed by atoms with Crippen LogP contribution in [0.3, 0.4) is 0 Å². The van der Waals surface area contributed by atoms with Crippen LogP contribution in [-0.4, -0.2) is 44.8 Å². The molecule has 8 nitrogen and oxygen atoms in total. The van der Waals surface area contributed by atoms with Crippen molar-refractivity contribution in [3.8, 4) is 5.75 Å². The molecule has 2 aromatic rings. The number of benzene rings is 1. The second-order valence-corrected chi connectivity index (χ2v) is 4.99. The minimum atomic E-state index is -4.47. The molecule has 11 heteroatoms. The van der Waals surface area contributed by atoms with Crippen LogP contribution < -0.4 is 10.1 Å². The van der Waals surface area contributed by atoms with Crippen molar-refractivity contribution in [3.05, 3.63) is 35.7 Å². The molecule has 134 valence electrons. The van der Waals surface area contributed by atoms with Crippen LogP contribution in [0.15, 0.2) is 24.4 Å². The first-order chi connectivity index (χ1) is 11.7. The van der Waals surface area contributed by atoms with Gasteiger partial charge < -0.3 is 15.2 Å². The molecule has 1 aromatic carbocycles. The highest BCUT2D eigenvalue weighted by molar-refractivity contribution is 5.91. The number of aromatic carboxylic acids is 1. The summed E-state index contributed by atoms with van der Waals surface area (Å²) in [6.07, 6.45) is -3.39. The van der Waals surface area contributed by atoms with E-state index in [1.54, 1.807) is 0 Å². The molecule has 0 saturated carbocycles. The number of alkyl halides is 3. The lowest BCUT2D eigenvalue weighted by Crippen LogP contribution is -2.21. The standard InChI is InChI=1S/C14H13F3N4O4/c1-8-9(3-2-4-11(8)25-7-14(15,16)17)18-12(22)6-21-5-10(13(23)24)19-20-21/h2-5H,6-7H2,1H3,(H,18,22)(H,23,24). The lowest BCUT2D eigenvalue weighted by atomic mass is 10.2. The molecule has 0 aliphatic carbocycles. The first-order valence-electron chi connectivity index (χ1n) is 6.88. The Hall–Kier alpha value is -3.11. The fourth-order valence-electron chi connectivity index (χ4n) is 1.88. The summed E-state index contributed by atoms with van der Waals surface area (Å²) in [7, 11) is 0. The molecule has 0 bridgehead atoms. The number of carboxylic acids is 1. The average Bonchev–Trinajstić information content (AvgIpc) is 2.96. The van der Waals surface area contributed by atoms with Gasteiger partial charge in [0, 0.05) is 11.3 Å². The summed E-state index contributed by atoms with van der Waals surface area (Å²) in [5, 5.41) is 18.1. The predicted octanol–water partition coefficient (Wildman–Crippen LogP) is 1.86. The van der Waals surface area contributed by atoms with E-state index in [0.717, 1.165) is 10.9 Å². The summed E-state index contributed by atoms with van der Waals surface area (Å²) < 4.78 is 42.4. The molecule has 1 amide bonds. The number of aromatic nitrogens is 3. The van der Waals surface area contributed by atoms with Gasteiger partial charge in [-0.2, -0.15) is 13.2 Å². The van der Waals surface area contributed by atoms with E-state index in [2.05, 4.69) is 15.6 Å². The number of anilines is 1. The summed E-state index contributed by atoms with van der Waals surface area (Å²) >= 11 is 0. The van der Waals surface area contributed by atoms with Crippen LogP contribution in [0, 0.1) is 6.92 Å². The van der Waals surface area contributed by atoms with E-state index in [4.69, 9.17) is 9.84 Å². The van der Waals surface area contributed by atoms with Gasteiger partial charge in [0.1, 0.15) is 12.3 Å². The zero-order valence-corrected chi connectivity index (χ0v) is 12.9. The van der Waals surface area contributed by atoms with Gasteiger partial charge in [-0.1, -0.05) is 11.3 Å². The maximum atomic E-state index is 12.2. The summed E-state index contributed by atoms with van der Waals surface area (Å²) in [4.78, 5) is 22.7. The number of carbonyl (C=O) groups is 2. The second-order valence-electron chi connectivity index (χ2n) is 4.99. The van der Waals surface area contributed by atoms with Crippen LogP contribution >= 0.6 is 0 Å². The van der Waals surface area contributed by atoms with Crippen molar-refractivity contribution in [2.45, 2.75) is 19.6 Å². The molecule has 1 heterocycles. The Morgan fingerprint density at radius 2 is 2.08 bits per heavy atom. The molecule has 0 aliphatic heterocycles. The molecule has 0 saturated heterocycles. The van der Waals surface area contributed by atoms with Gasteiger partial charge in [0.05, 0.1) is 6.20 Å². The van der Waals surface area contributed by atoms with Crippen LogP contribution in [0.4, 0.5) is 18.9 Å². The topological polar surface area (TPSA) is 106 Å². The molecular formula is C14H13F3N4O4. The first-order valence-corrected chi connectivity index (χ1v) is 6.88. The number of ether oxygens (including phenoxy) is 1. The first kappa shape index (κ1) is 18.2. The van der Waals surface area contributed by atoms with Crippen molar-refractivity contribution < 1.29 is 32.6 Å². The Bertz CT molecular complexity index is 789. The van der Waals surface area contributed by atoms with Crippen molar-refractivity contribution in [1.29, 1.82) is 0 Å². The molecular weight excluding hydrogens is 345 g/mol. The second kappa shape index (κ2) is 7.20. The third kappa shape index (κ3) is 5.19. The maximum absolute atomic E-state index is 12.2. The zero-order valence-electron chi connectivity index (χ0n) is 12.9. The number of rotatable bonds is 6. The largest absolute Gasteiger partial charge is 0.484 e. The lowest BCUT2D eigenvalue weighted by Gasteiger charge is -2.14. The van der Waals surface area contributed by atoms with Crippen LogP contribution in [0.25, 0.3) is 0 Å². The highest BCUT2D eigenvalue weighted by Gasteiger charge is 2.28. The third-order valence-corrected chi connectivity index (χ3v) is 3.01. The van der Waals surface area contributed by atoms with Crippen molar-refractivity contribution in [2.75, 3.05) is 11.9 Å². The fraction of sp³-hybridized carbons (Fsp3) is 0.286. The van der Waals surface area contributed by atoms with Crippen molar-refractivity contribution in [3.63, 3.8) is 0 Å². The SMILES string of the molecule is Cc1c(NC(=O)Cn2cc(C(=O)O)nn2)cccc1OCC(F)(F)F. The van der Waals surface area contributed by atoms with E-state index in [1.807, 2.05) is 0 Å². The smallest absolute Gasteiger partial charge is 0.422 e. The van der Waals surface area contributed by atoms with Gasteiger partial charge in [-0.25, -0.2) is 9.48 Å². The Balaban J connectivity index is 2.03. The molecule has 2 rings (SSSR count). The third-order valence-electron chi connectivity index (χ3n) is 3.01. The predicted molar refractivity (Wildman–Crippen MR) is 78.3 cm³/mol. The van der Waals surface area contributed by atoms with E-state index in [0.29, 0.717) is 5.56 Å². The summed E-state index contributed by atoms with van der Waals surface area (Å²) in [6.45, 7) is -0.255. The molecule has 2 N–H and O–H groups in total. The Labute approximate surface area is 139 Å². The minimum absolute atomic E-state index is 0.0101. The van der Waals surface area contributed by atoms with E-state index < -0.39 is 24.7 Å². The molecule has 0 fully saturated rings. The average molecular weight is 358 g/mol. The highest BCUT2D eigenvalue weighted by Crippen LogP contribution is 2.27. The summed E-state index contributed by atoms with van der Waals surface area (Å²) in [5.41, 5.74) is 0.277. The van der Waals surface area contributed by atoms with Gasteiger partial charge in [-0.3, -0.25) is 4.79 Å². The van der Waals surface area contributed by atoms with Gasteiger partial charge in [-0.15, -0.1) is 5.10 Å². The van der Waals surface area contributed by atoms with Gasteiger partial charge in [-0.05, 0) is 19.1 Å². The van der Waals surface area contributed by atoms with Crippen LogP contribution in [0.2, 0.25) is 0 Å². The van der Waals surface area contributed by atoms with E-state index in [-0.39, 0.29) is 23.7 Å². The van der Waals surface area contributed by atoms with Crippen LogP contribution in [0.5, 0.6) is 5.75 Å². The molecule has 0 unspecified atom stereocenters. The molecule has 0 spiro atoms. The molecule has 0 aliphatic rings. The van der Waals surface area contributed by atoms with Gasteiger partial charge in [0.2, 0.25) is 5.91 Å². The molecule has 1 aromatic heterocycles. The van der Waals surface area contributed by atoms with Crippen molar-refractivity contribution in [1.82, 2.24) is 15.0 Å². The summed E-state index contributed by atoms with van der Waals surface area (Å²) in [6, 6.07) is 4.29. The summed E-state index contributed by atoms with van der Waals surface area (Å²) in [5.74, 6) is -1.85. The van der Waals surface area contributed by atoms with E-state index in [1.165, 1.54) is 25.1 Å². The highest BCUT2D eigenvalue weighted by atomic mass is 19.4.